The minimum absolute atomic E-state index is 0.411. The molecule has 0 aliphatic carbocycles. The quantitative estimate of drug-likeness (QED) is 0.816. The van der Waals surface area contributed by atoms with Crippen LogP contribution in [0.1, 0.15) is 16.7 Å². The molecule has 1 saturated heterocycles. The van der Waals surface area contributed by atoms with Crippen LogP contribution in [-0.4, -0.2) is 38.9 Å². The van der Waals surface area contributed by atoms with E-state index in [-0.39, 0.29) is 0 Å². The first-order chi connectivity index (χ1) is 11.8. The van der Waals surface area contributed by atoms with Crippen LogP contribution in [0.5, 0.6) is 0 Å². The Bertz CT molecular complexity index is 888. The van der Waals surface area contributed by atoms with Gasteiger partial charge in [0.05, 0.1) is 4.90 Å². The average molecular weight is 379 g/mol. The predicted molar refractivity (Wildman–Crippen MR) is 103 cm³/mol. The number of hydrogen-bond acceptors (Lipinski definition) is 3. The summed E-state index contributed by atoms with van der Waals surface area (Å²) in [5.74, 6) is 0. The van der Waals surface area contributed by atoms with Crippen molar-refractivity contribution in [2.45, 2.75) is 25.7 Å². The van der Waals surface area contributed by atoms with Gasteiger partial charge in [-0.25, -0.2) is 8.42 Å². The number of benzene rings is 2. The number of rotatable bonds is 3. The van der Waals surface area contributed by atoms with Crippen LogP contribution in [0.25, 0.3) is 0 Å². The van der Waals surface area contributed by atoms with E-state index in [4.69, 9.17) is 11.6 Å². The van der Waals surface area contributed by atoms with Crippen LogP contribution in [0.15, 0.2) is 41.3 Å². The number of anilines is 1. The van der Waals surface area contributed by atoms with Crippen LogP contribution >= 0.6 is 11.6 Å². The SMILES string of the molecule is Cc1ccc(S(=O)(=O)N2CCN(c3ccc(Cl)cc3C)CC2)c(C)c1. The van der Waals surface area contributed by atoms with E-state index in [1.54, 1.807) is 10.4 Å². The molecular formula is C19H23ClN2O2S. The molecule has 0 radical (unpaired) electrons. The van der Waals surface area contributed by atoms with Crippen molar-refractivity contribution in [1.82, 2.24) is 4.31 Å². The number of piperazine rings is 1. The topological polar surface area (TPSA) is 40.6 Å². The maximum absolute atomic E-state index is 13.0. The summed E-state index contributed by atoms with van der Waals surface area (Å²) in [5, 5.41) is 0.720. The number of sulfonamides is 1. The highest BCUT2D eigenvalue weighted by Crippen LogP contribution is 2.27. The second-order valence-electron chi connectivity index (χ2n) is 6.59. The Kier molecular flexibility index (Phi) is 5.09. The summed E-state index contributed by atoms with van der Waals surface area (Å²) < 4.78 is 27.5. The van der Waals surface area contributed by atoms with Crippen LogP contribution in [0, 0.1) is 20.8 Å². The lowest BCUT2D eigenvalue weighted by molar-refractivity contribution is 0.384. The van der Waals surface area contributed by atoms with Crippen molar-refractivity contribution in [3.8, 4) is 0 Å². The van der Waals surface area contributed by atoms with Gasteiger partial charge in [-0.05, 0) is 56.2 Å². The summed E-state index contributed by atoms with van der Waals surface area (Å²) in [6.45, 7) is 8.17. The van der Waals surface area contributed by atoms with Crippen LogP contribution in [0.4, 0.5) is 5.69 Å². The lowest BCUT2D eigenvalue weighted by Crippen LogP contribution is -2.49. The second-order valence-corrected chi connectivity index (χ2v) is 8.93. The molecule has 1 aliphatic rings. The van der Waals surface area contributed by atoms with Gasteiger partial charge in [0.2, 0.25) is 10.0 Å². The normalized spacial score (nSPS) is 16.2. The third kappa shape index (κ3) is 3.68. The Morgan fingerprint density at radius 3 is 2.16 bits per heavy atom. The van der Waals surface area contributed by atoms with Crippen molar-refractivity contribution < 1.29 is 8.42 Å². The number of halogens is 1. The van der Waals surface area contributed by atoms with Crippen LogP contribution in [0.3, 0.4) is 0 Å². The van der Waals surface area contributed by atoms with Crippen molar-refractivity contribution in [2.75, 3.05) is 31.1 Å². The average Bonchev–Trinajstić information content (AvgIpc) is 2.54. The van der Waals surface area contributed by atoms with Crippen LogP contribution in [-0.2, 0) is 10.0 Å². The molecule has 1 heterocycles. The molecule has 0 saturated carbocycles. The predicted octanol–water partition coefficient (Wildman–Crippen LogP) is 3.78. The zero-order valence-corrected chi connectivity index (χ0v) is 16.4. The maximum atomic E-state index is 13.0. The molecule has 4 nitrogen and oxygen atoms in total. The molecule has 0 atom stereocenters. The van der Waals surface area contributed by atoms with E-state index in [9.17, 15) is 8.42 Å². The molecule has 6 heteroatoms. The summed E-state index contributed by atoms with van der Waals surface area (Å²) in [7, 11) is -3.45. The monoisotopic (exact) mass is 378 g/mol. The van der Waals surface area contributed by atoms with Crippen molar-refractivity contribution in [3.05, 3.63) is 58.1 Å². The molecule has 134 valence electrons. The molecule has 0 spiro atoms. The molecule has 3 rings (SSSR count). The van der Waals surface area contributed by atoms with Crippen LogP contribution in [0.2, 0.25) is 5.02 Å². The van der Waals surface area contributed by atoms with Crippen molar-refractivity contribution in [1.29, 1.82) is 0 Å². The summed E-state index contributed by atoms with van der Waals surface area (Å²) in [6.07, 6.45) is 0. The van der Waals surface area contributed by atoms with Gasteiger partial charge in [0.1, 0.15) is 0 Å². The molecule has 2 aromatic carbocycles. The van der Waals surface area contributed by atoms with E-state index in [0.717, 1.165) is 27.4 Å². The largest absolute Gasteiger partial charge is 0.369 e. The third-order valence-corrected chi connectivity index (χ3v) is 6.98. The van der Waals surface area contributed by atoms with Gasteiger partial charge in [0, 0.05) is 36.9 Å². The van der Waals surface area contributed by atoms with E-state index in [1.807, 2.05) is 51.1 Å². The molecule has 2 aromatic rings. The maximum Gasteiger partial charge on any atom is 0.243 e. The molecular weight excluding hydrogens is 356 g/mol. The van der Waals surface area contributed by atoms with Gasteiger partial charge in [-0.1, -0.05) is 29.3 Å². The zero-order valence-electron chi connectivity index (χ0n) is 14.8. The van der Waals surface area contributed by atoms with E-state index < -0.39 is 10.0 Å². The van der Waals surface area contributed by atoms with E-state index in [1.165, 1.54) is 0 Å². The van der Waals surface area contributed by atoms with Gasteiger partial charge in [-0.3, -0.25) is 0 Å². The summed E-state index contributed by atoms with van der Waals surface area (Å²) in [4.78, 5) is 2.63. The first-order valence-corrected chi connectivity index (χ1v) is 10.2. The molecule has 25 heavy (non-hydrogen) atoms. The fraction of sp³-hybridized carbons (Fsp3) is 0.368. The smallest absolute Gasteiger partial charge is 0.243 e. The summed E-state index contributed by atoms with van der Waals surface area (Å²) in [6, 6.07) is 11.3. The molecule has 0 aromatic heterocycles. The lowest BCUT2D eigenvalue weighted by atomic mass is 10.1. The molecule has 1 aliphatic heterocycles. The van der Waals surface area contributed by atoms with Gasteiger partial charge < -0.3 is 4.90 Å². The standard InChI is InChI=1S/C19H23ClN2O2S/c1-14-4-7-19(16(3)12-14)25(23,24)22-10-8-21(9-11-22)18-6-5-17(20)13-15(18)2/h4-7,12-13H,8-11H2,1-3H3. The summed E-state index contributed by atoms with van der Waals surface area (Å²) in [5.41, 5.74) is 4.10. The lowest BCUT2D eigenvalue weighted by Gasteiger charge is -2.36. The fourth-order valence-corrected chi connectivity index (χ4v) is 5.23. The Labute approximate surface area is 155 Å². The highest BCUT2D eigenvalue weighted by atomic mass is 35.5. The zero-order chi connectivity index (χ0) is 18.2. The van der Waals surface area contributed by atoms with Crippen LogP contribution < -0.4 is 4.90 Å². The van der Waals surface area contributed by atoms with E-state index >= 15 is 0 Å². The highest BCUT2D eigenvalue weighted by molar-refractivity contribution is 7.89. The number of nitrogens with zero attached hydrogens (tertiary/aromatic N) is 2. The number of hydrogen-bond donors (Lipinski definition) is 0. The van der Waals surface area contributed by atoms with Gasteiger partial charge >= 0.3 is 0 Å². The van der Waals surface area contributed by atoms with Gasteiger partial charge in [0.25, 0.3) is 0 Å². The van der Waals surface area contributed by atoms with E-state index in [0.29, 0.717) is 31.1 Å². The van der Waals surface area contributed by atoms with Gasteiger partial charge in [-0.2, -0.15) is 4.31 Å². The molecule has 0 N–H and O–H groups in total. The molecule has 0 amide bonds. The highest BCUT2D eigenvalue weighted by Gasteiger charge is 2.29. The minimum atomic E-state index is -3.45. The van der Waals surface area contributed by atoms with E-state index in [2.05, 4.69) is 4.90 Å². The minimum Gasteiger partial charge on any atom is -0.369 e. The Balaban J connectivity index is 1.77. The first kappa shape index (κ1) is 18.2. The van der Waals surface area contributed by atoms with Gasteiger partial charge in [0.15, 0.2) is 0 Å². The third-order valence-electron chi connectivity index (χ3n) is 4.69. The molecule has 0 unspecified atom stereocenters. The molecule has 1 fully saturated rings. The Hall–Kier alpha value is -1.56. The Morgan fingerprint density at radius 2 is 1.56 bits per heavy atom. The van der Waals surface area contributed by atoms with Crippen molar-refractivity contribution >= 4 is 27.3 Å². The summed E-state index contributed by atoms with van der Waals surface area (Å²) >= 11 is 6.03. The molecule has 0 bridgehead atoms. The number of aryl methyl sites for hydroxylation is 3. The Morgan fingerprint density at radius 1 is 0.880 bits per heavy atom. The van der Waals surface area contributed by atoms with Crippen molar-refractivity contribution in [2.24, 2.45) is 0 Å². The fourth-order valence-electron chi connectivity index (χ4n) is 3.37. The second kappa shape index (κ2) is 6.98. The van der Waals surface area contributed by atoms with Gasteiger partial charge in [-0.15, -0.1) is 0 Å². The first-order valence-electron chi connectivity index (χ1n) is 8.37. The van der Waals surface area contributed by atoms with Crippen molar-refractivity contribution in [3.63, 3.8) is 0 Å².